The van der Waals surface area contributed by atoms with Crippen molar-refractivity contribution in [3.05, 3.63) is 83.2 Å². The first kappa shape index (κ1) is 25.3. The zero-order chi connectivity index (χ0) is 26.0. The minimum Gasteiger partial charge on any atom is -0.491 e. The largest absolute Gasteiger partial charge is 0.491 e. The van der Waals surface area contributed by atoms with Gasteiger partial charge in [-0.25, -0.2) is 22.0 Å². The maximum atomic E-state index is 14.1. The number of hydrogen-bond acceptors (Lipinski definition) is 4. The fourth-order valence-electron chi connectivity index (χ4n) is 4.00. The van der Waals surface area contributed by atoms with Crippen LogP contribution in [0, 0.1) is 29.1 Å². The minimum absolute atomic E-state index is 0.0196. The number of piperazine rings is 1. The van der Waals surface area contributed by atoms with Crippen molar-refractivity contribution in [3.63, 3.8) is 0 Å². The number of nitrogens with one attached hydrogen (secondary N) is 1. The highest BCUT2D eigenvalue weighted by Crippen LogP contribution is 2.31. The molecule has 3 aromatic carbocycles. The Bertz CT molecular complexity index is 1230. The van der Waals surface area contributed by atoms with Crippen LogP contribution < -0.4 is 19.9 Å². The molecular weight excluding hydrogens is 481 g/mol. The Morgan fingerprint density at radius 3 is 1.94 bits per heavy atom. The van der Waals surface area contributed by atoms with Crippen LogP contribution in [0.1, 0.15) is 24.2 Å². The monoisotopic (exact) mass is 505 g/mol. The lowest BCUT2D eigenvalue weighted by Crippen LogP contribution is -2.47. The number of hydrogen-bond donors (Lipinski definition) is 1. The summed E-state index contributed by atoms with van der Waals surface area (Å²) in [5.41, 5.74) is 0.893. The molecule has 0 saturated carbocycles. The molecule has 0 aromatic heterocycles. The van der Waals surface area contributed by atoms with Crippen LogP contribution in [-0.4, -0.2) is 38.2 Å². The summed E-state index contributed by atoms with van der Waals surface area (Å²) >= 11 is 0. The van der Waals surface area contributed by atoms with Crippen LogP contribution in [0.5, 0.6) is 5.75 Å². The Morgan fingerprint density at radius 2 is 1.36 bits per heavy atom. The van der Waals surface area contributed by atoms with Gasteiger partial charge in [0.15, 0.2) is 23.3 Å². The van der Waals surface area contributed by atoms with Crippen LogP contribution in [0.3, 0.4) is 0 Å². The molecule has 1 aliphatic rings. The van der Waals surface area contributed by atoms with E-state index in [1.807, 2.05) is 18.7 Å². The summed E-state index contributed by atoms with van der Waals surface area (Å²) in [6.07, 6.45) is -0.0196. The summed E-state index contributed by atoms with van der Waals surface area (Å²) in [6.45, 7) is 4.51. The van der Waals surface area contributed by atoms with Gasteiger partial charge >= 0.3 is 0 Å². The lowest BCUT2D eigenvalue weighted by Gasteiger charge is -2.37. The summed E-state index contributed by atoms with van der Waals surface area (Å²) in [5.74, 6) is -9.45. The molecule has 0 unspecified atom stereocenters. The lowest BCUT2D eigenvalue weighted by atomic mass is 10.1. The van der Waals surface area contributed by atoms with E-state index < -0.39 is 34.8 Å². The van der Waals surface area contributed by atoms with Gasteiger partial charge in [0.25, 0.3) is 5.91 Å². The van der Waals surface area contributed by atoms with E-state index in [2.05, 4.69) is 5.32 Å². The van der Waals surface area contributed by atoms with Gasteiger partial charge in [0.05, 0.1) is 6.10 Å². The number of carbonyl (C=O) groups is 1. The second-order valence-corrected chi connectivity index (χ2v) is 8.59. The Kier molecular flexibility index (Phi) is 7.32. The van der Waals surface area contributed by atoms with Gasteiger partial charge in [-0.05, 0) is 56.3 Å². The van der Waals surface area contributed by atoms with Gasteiger partial charge in [-0.15, -0.1) is 0 Å². The van der Waals surface area contributed by atoms with Crippen LogP contribution >= 0.6 is 0 Å². The van der Waals surface area contributed by atoms with Crippen LogP contribution in [0.15, 0.2) is 48.5 Å². The summed E-state index contributed by atoms with van der Waals surface area (Å²) in [7, 11) is 0. The zero-order valence-electron chi connectivity index (χ0n) is 19.6. The molecule has 4 rings (SSSR count). The van der Waals surface area contributed by atoms with Crippen molar-refractivity contribution in [2.75, 3.05) is 41.3 Å². The van der Waals surface area contributed by atoms with Crippen LogP contribution in [0.25, 0.3) is 0 Å². The maximum absolute atomic E-state index is 14.1. The van der Waals surface area contributed by atoms with E-state index in [1.165, 1.54) is 0 Å². The minimum atomic E-state index is -2.17. The third kappa shape index (κ3) is 5.22. The summed E-state index contributed by atoms with van der Waals surface area (Å²) < 4.78 is 74.4. The molecule has 1 fully saturated rings. The van der Waals surface area contributed by atoms with Crippen molar-refractivity contribution in [3.8, 4) is 5.75 Å². The predicted octanol–water partition coefficient (Wildman–Crippen LogP) is 5.75. The number of amides is 1. The van der Waals surface area contributed by atoms with Crippen molar-refractivity contribution < 1.29 is 31.5 Å². The second kappa shape index (κ2) is 10.4. The maximum Gasteiger partial charge on any atom is 0.255 e. The Hall–Kier alpha value is -3.82. The van der Waals surface area contributed by atoms with Crippen molar-refractivity contribution in [1.29, 1.82) is 0 Å². The quantitative estimate of drug-likeness (QED) is 0.263. The van der Waals surface area contributed by atoms with Crippen molar-refractivity contribution in [1.82, 2.24) is 0 Å². The van der Waals surface area contributed by atoms with E-state index in [9.17, 15) is 26.7 Å². The molecule has 1 saturated heterocycles. The van der Waals surface area contributed by atoms with E-state index in [0.717, 1.165) is 10.6 Å². The van der Waals surface area contributed by atoms with E-state index >= 15 is 0 Å². The van der Waals surface area contributed by atoms with E-state index in [-0.39, 0.29) is 25.1 Å². The standard InChI is InChI=1S/C26H24F5N3O2/c1-15(2)36-19-5-3-4-16(14-19)26(35)32-17-6-8-18(9-7-17)33-10-12-34(13-11-33)25-23(30)21(28)20(27)22(29)24(25)31/h3-9,14-15H,10-13H2,1-2H3,(H,32,35). The van der Waals surface area contributed by atoms with Gasteiger partial charge in [-0.1, -0.05) is 6.07 Å². The SMILES string of the molecule is CC(C)Oc1cccc(C(=O)Nc2ccc(N3CCN(c4c(F)c(F)c(F)c(F)c4F)CC3)cc2)c1. The summed E-state index contributed by atoms with van der Waals surface area (Å²) in [5, 5.41) is 2.82. The number of ether oxygens (including phenoxy) is 1. The molecule has 0 spiro atoms. The molecule has 36 heavy (non-hydrogen) atoms. The third-order valence-corrected chi connectivity index (χ3v) is 5.74. The molecule has 1 aliphatic heterocycles. The van der Waals surface area contributed by atoms with E-state index in [0.29, 0.717) is 30.1 Å². The predicted molar refractivity (Wildman–Crippen MR) is 127 cm³/mol. The fourth-order valence-corrected chi connectivity index (χ4v) is 4.00. The molecule has 1 heterocycles. The fraction of sp³-hybridized carbons (Fsp3) is 0.269. The molecule has 3 aromatic rings. The third-order valence-electron chi connectivity index (χ3n) is 5.74. The van der Waals surface area contributed by atoms with E-state index in [1.54, 1.807) is 48.5 Å². The highest BCUT2D eigenvalue weighted by molar-refractivity contribution is 6.04. The topological polar surface area (TPSA) is 44.8 Å². The van der Waals surface area contributed by atoms with Crippen LogP contribution in [0.2, 0.25) is 0 Å². The Morgan fingerprint density at radius 1 is 0.806 bits per heavy atom. The van der Waals surface area contributed by atoms with Crippen molar-refractivity contribution in [2.24, 2.45) is 0 Å². The molecule has 1 N–H and O–H groups in total. The molecular formula is C26H24F5N3O2. The molecule has 0 aliphatic carbocycles. The average Bonchev–Trinajstić information content (AvgIpc) is 2.87. The number of nitrogens with zero attached hydrogens (tertiary/aromatic N) is 2. The highest BCUT2D eigenvalue weighted by atomic mass is 19.2. The van der Waals surface area contributed by atoms with Gasteiger partial charge in [0.1, 0.15) is 11.4 Å². The van der Waals surface area contributed by atoms with Crippen molar-refractivity contribution in [2.45, 2.75) is 20.0 Å². The molecule has 0 atom stereocenters. The zero-order valence-corrected chi connectivity index (χ0v) is 19.6. The molecule has 190 valence electrons. The van der Waals surface area contributed by atoms with Gasteiger partial charge < -0.3 is 19.9 Å². The van der Waals surface area contributed by atoms with E-state index in [4.69, 9.17) is 4.74 Å². The Balaban J connectivity index is 1.39. The summed E-state index contributed by atoms with van der Waals surface area (Å²) in [6, 6.07) is 13.9. The summed E-state index contributed by atoms with van der Waals surface area (Å²) in [4.78, 5) is 15.7. The first-order valence-corrected chi connectivity index (χ1v) is 11.3. The molecule has 5 nitrogen and oxygen atoms in total. The van der Waals surface area contributed by atoms with Gasteiger partial charge in [-0.2, -0.15) is 0 Å². The van der Waals surface area contributed by atoms with Crippen LogP contribution in [-0.2, 0) is 0 Å². The molecule has 0 bridgehead atoms. The van der Waals surface area contributed by atoms with Crippen molar-refractivity contribution >= 4 is 23.0 Å². The molecule has 0 radical (unpaired) electrons. The number of carbonyl (C=O) groups excluding carboxylic acids is 1. The highest BCUT2D eigenvalue weighted by Gasteiger charge is 2.30. The molecule has 10 heteroatoms. The normalized spacial score (nSPS) is 13.8. The van der Waals surface area contributed by atoms with Crippen LogP contribution in [0.4, 0.5) is 39.0 Å². The number of halogens is 5. The second-order valence-electron chi connectivity index (χ2n) is 8.59. The number of rotatable bonds is 6. The first-order valence-electron chi connectivity index (χ1n) is 11.3. The lowest BCUT2D eigenvalue weighted by molar-refractivity contribution is 0.102. The van der Waals surface area contributed by atoms with Gasteiger partial charge in [0, 0.05) is 43.1 Å². The number of anilines is 3. The smallest absolute Gasteiger partial charge is 0.255 e. The average molecular weight is 505 g/mol. The number of benzene rings is 3. The molecule has 1 amide bonds. The first-order chi connectivity index (χ1) is 17.2. The van der Waals surface area contributed by atoms with Gasteiger partial charge in [0.2, 0.25) is 5.82 Å². The van der Waals surface area contributed by atoms with Gasteiger partial charge in [-0.3, -0.25) is 4.79 Å². The Labute approximate surface area is 205 Å².